The van der Waals surface area contributed by atoms with E-state index in [1.807, 2.05) is 4.68 Å². The minimum Gasteiger partial charge on any atom is -0.353 e. The molecule has 20 heavy (non-hydrogen) atoms. The molecule has 1 amide bonds. The maximum absolute atomic E-state index is 11.6. The standard InChI is InChI=1S/C14H23BrN4O/c1-3-11-14(15)12(19(4-2)18-11)9-16-8-7-13(20)17-10-5-6-10/h10,16H,3-9H2,1-2H3,(H,17,20). The molecule has 0 spiro atoms. The summed E-state index contributed by atoms with van der Waals surface area (Å²) in [5.74, 6) is 0.150. The largest absolute Gasteiger partial charge is 0.353 e. The Balaban J connectivity index is 1.78. The molecule has 0 atom stereocenters. The smallest absolute Gasteiger partial charge is 0.221 e. The maximum Gasteiger partial charge on any atom is 0.221 e. The van der Waals surface area contributed by atoms with Gasteiger partial charge < -0.3 is 10.6 Å². The predicted molar refractivity (Wildman–Crippen MR) is 82.5 cm³/mol. The van der Waals surface area contributed by atoms with Crippen molar-refractivity contribution in [3.63, 3.8) is 0 Å². The molecule has 6 heteroatoms. The second-order valence-corrected chi connectivity index (χ2v) is 5.94. The molecular weight excluding hydrogens is 320 g/mol. The van der Waals surface area contributed by atoms with Crippen LogP contribution < -0.4 is 10.6 Å². The summed E-state index contributed by atoms with van der Waals surface area (Å²) >= 11 is 3.62. The van der Waals surface area contributed by atoms with Crippen LogP contribution in [0.3, 0.4) is 0 Å². The molecule has 0 saturated heterocycles. The van der Waals surface area contributed by atoms with Crippen molar-refractivity contribution in [1.82, 2.24) is 20.4 Å². The first-order valence-electron chi connectivity index (χ1n) is 7.39. The lowest BCUT2D eigenvalue weighted by Gasteiger charge is -2.08. The monoisotopic (exact) mass is 342 g/mol. The van der Waals surface area contributed by atoms with Gasteiger partial charge in [-0.2, -0.15) is 5.10 Å². The first-order valence-corrected chi connectivity index (χ1v) is 8.19. The van der Waals surface area contributed by atoms with Crippen LogP contribution in [0.5, 0.6) is 0 Å². The van der Waals surface area contributed by atoms with E-state index in [-0.39, 0.29) is 5.91 Å². The lowest BCUT2D eigenvalue weighted by molar-refractivity contribution is -0.121. The predicted octanol–water partition coefficient (Wildman–Crippen LogP) is 1.99. The second-order valence-electron chi connectivity index (χ2n) is 5.15. The number of hydrogen-bond acceptors (Lipinski definition) is 3. The summed E-state index contributed by atoms with van der Waals surface area (Å²) in [6.45, 7) is 6.48. The summed E-state index contributed by atoms with van der Waals surface area (Å²) < 4.78 is 3.11. The Morgan fingerprint density at radius 3 is 2.80 bits per heavy atom. The molecule has 1 aliphatic carbocycles. The van der Waals surface area contributed by atoms with E-state index in [0.717, 1.165) is 48.2 Å². The maximum atomic E-state index is 11.6. The summed E-state index contributed by atoms with van der Waals surface area (Å²) in [7, 11) is 0. The van der Waals surface area contributed by atoms with E-state index in [4.69, 9.17) is 0 Å². The van der Waals surface area contributed by atoms with Crippen LogP contribution in [-0.2, 0) is 24.3 Å². The van der Waals surface area contributed by atoms with Gasteiger partial charge in [-0.15, -0.1) is 0 Å². The number of rotatable bonds is 8. The Morgan fingerprint density at radius 2 is 2.20 bits per heavy atom. The number of amides is 1. The van der Waals surface area contributed by atoms with Gasteiger partial charge in [0, 0.05) is 32.1 Å². The summed E-state index contributed by atoms with van der Waals surface area (Å²) in [4.78, 5) is 11.6. The number of halogens is 1. The number of carbonyl (C=O) groups excluding carboxylic acids is 1. The molecule has 2 rings (SSSR count). The van der Waals surface area contributed by atoms with Crippen LogP contribution >= 0.6 is 15.9 Å². The minimum atomic E-state index is 0.150. The van der Waals surface area contributed by atoms with Gasteiger partial charge in [-0.3, -0.25) is 9.48 Å². The first kappa shape index (κ1) is 15.5. The van der Waals surface area contributed by atoms with Crippen LogP contribution in [0.25, 0.3) is 0 Å². The molecule has 1 saturated carbocycles. The zero-order chi connectivity index (χ0) is 14.5. The van der Waals surface area contributed by atoms with E-state index < -0.39 is 0 Å². The molecule has 1 aliphatic rings. The van der Waals surface area contributed by atoms with Crippen molar-refractivity contribution in [3.05, 3.63) is 15.9 Å². The highest BCUT2D eigenvalue weighted by Gasteiger charge is 2.22. The van der Waals surface area contributed by atoms with E-state index in [0.29, 0.717) is 19.0 Å². The molecule has 1 aromatic rings. The van der Waals surface area contributed by atoms with Gasteiger partial charge in [0.05, 0.1) is 15.9 Å². The topological polar surface area (TPSA) is 59.0 Å². The third-order valence-corrected chi connectivity index (χ3v) is 4.37. The fraction of sp³-hybridized carbons (Fsp3) is 0.714. The molecule has 2 N–H and O–H groups in total. The van der Waals surface area contributed by atoms with Gasteiger partial charge in [-0.05, 0) is 42.1 Å². The highest BCUT2D eigenvalue weighted by molar-refractivity contribution is 9.10. The van der Waals surface area contributed by atoms with Crippen LogP contribution in [0.1, 0.15) is 44.5 Å². The SMILES string of the molecule is CCc1nn(CC)c(CNCCC(=O)NC2CC2)c1Br. The van der Waals surface area contributed by atoms with Gasteiger partial charge in [-0.25, -0.2) is 0 Å². The summed E-state index contributed by atoms with van der Waals surface area (Å²) in [6.07, 6.45) is 3.74. The Bertz CT molecular complexity index is 468. The molecule has 0 aromatic carbocycles. The quantitative estimate of drug-likeness (QED) is 0.710. The van der Waals surface area contributed by atoms with Crippen LogP contribution in [0.2, 0.25) is 0 Å². The molecule has 0 aliphatic heterocycles. The Hall–Kier alpha value is -0.880. The molecule has 0 radical (unpaired) electrons. The van der Waals surface area contributed by atoms with Crippen molar-refractivity contribution >= 4 is 21.8 Å². The lowest BCUT2D eigenvalue weighted by atomic mass is 10.3. The fourth-order valence-corrected chi connectivity index (χ4v) is 2.83. The van der Waals surface area contributed by atoms with Gasteiger partial charge in [0.25, 0.3) is 0 Å². The van der Waals surface area contributed by atoms with E-state index in [9.17, 15) is 4.79 Å². The van der Waals surface area contributed by atoms with Crippen LogP contribution in [-0.4, -0.2) is 28.3 Å². The Kier molecular flexibility index (Phi) is 5.60. The average Bonchev–Trinajstić information content (AvgIpc) is 3.19. The van der Waals surface area contributed by atoms with Crippen molar-refractivity contribution in [3.8, 4) is 0 Å². The number of aromatic nitrogens is 2. The molecule has 1 aromatic heterocycles. The molecule has 0 bridgehead atoms. The van der Waals surface area contributed by atoms with Crippen LogP contribution in [0.4, 0.5) is 0 Å². The molecule has 5 nitrogen and oxygen atoms in total. The molecule has 112 valence electrons. The number of aryl methyl sites for hydroxylation is 2. The molecule has 1 fully saturated rings. The molecule has 0 unspecified atom stereocenters. The van der Waals surface area contributed by atoms with Gasteiger partial charge in [0.1, 0.15) is 0 Å². The summed E-state index contributed by atoms with van der Waals surface area (Å²) in [5.41, 5.74) is 2.25. The van der Waals surface area contributed by atoms with E-state index in [2.05, 4.69) is 45.5 Å². The normalized spacial score (nSPS) is 14.6. The van der Waals surface area contributed by atoms with Gasteiger partial charge in [0.2, 0.25) is 5.91 Å². The van der Waals surface area contributed by atoms with Crippen LogP contribution in [0, 0.1) is 0 Å². The Labute approximate surface area is 128 Å². The second kappa shape index (κ2) is 7.22. The first-order chi connectivity index (χ1) is 9.65. The van der Waals surface area contributed by atoms with Gasteiger partial charge in [0.15, 0.2) is 0 Å². The highest BCUT2D eigenvalue weighted by atomic mass is 79.9. The van der Waals surface area contributed by atoms with Crippen molar-refractivity contribution < 1.29 is 4.79 Å². The molecular formula is C14H23BrN4O. The van der Waals surface area contributed by atoms with Crippen LogP contribution in [0.15, 0.2) is 4.47 Å². The molecule has 1 heterocycles. The van der Waals surface area contributed by atoms with E-state index >= 15 is 0 Å². The van der Waals surface area contributed by atoms with Crippen molar-refractivity contribution in [2.24, 2.45) is 0 Å². The zero-order valence-corrected chi connectivity index (χ0v) is 13.8. The summed E-state index contributed by atoms with van der Waals surface area (Å²) in [6, 6.07) is 0.449. The van der Waals surface area contributed by atoms with Crippen molar-refractivity contribution in [2.45, 2.75) is 58.7 Å². The van der Waals surface area contributed by atoms with Crippen molar-refractivity contribution in [2.75, 3.05) is 6.54 Å². The third-order valence-electron chi connectivity index (χ3n) is 3.46. The number of nitrogens with one attached hydrogen (secondary N) is 2. The third kappa shape index (κ3) is 4.06. The Morgan fingerprint density at radius 1 is 1.45 bits per heavy atom. The number of hydrogen-bond donors (Lipinski definition) is 2. The summed E-state index contributed by atoms with van der Waals surface area (Å²) in [5, 5.41) is 10.9. The van der Waals surface area contributed by atoms with Gasteiger partial charge >= 0.3 is 0 Å². The fourth-order valence-electron chi connectivity index (χ4n) is 2.12. The van der Waals surface area contributed by atoms with Gasteiger partial charge in [-0.1, -0.05) is 6.92 Å². The van der Waals surface area contributed by atoms with E-state index in [1.54, 1.807) is 0 Å². The van der Waals surface area contributed by atoms with E-state index in [1.165, 1.54) is 0 Å². The van der Waals surface area contributed by atoms with Crippen molar-refractivity contribution in [1.29, 1.82) is 0 Å². The average molecular weight is 343 g/mol. The lowest BCUT2D eigenvalue weighted by Crippen LogP contribution is -2.29. The number of carbonyl (C=O) groups is 1. The minimum absolute atomic E-state index is 0.150. The number of nitrogens with zero attached hydrogens (tertiary/aromatic N) is 2. The zero-order valence-electron chi connectivity index (χ0n) is 12.2. The highest BCUT2D eigenvalue weighted by Crippen LogP contribution is 2.22.